The Balaban J connectivity index is 1.97. The normalized spacial score (nSPS) is 24.4. The second-order valence-electron chi connectivity index (χ2n) is 7.17. The lowest BCUT2D eigenvalue weighted by atomic mass is 9.71. The van der Waals surface area contributed by atoms with E-state index in [-0.39, 0.29) is 0 Å². The van der Waals surface area contributed by atoms with Crippen LogP contribution in [0.2, 0.25) is 5.02 Å². The summed E-state index contributed by atoms with van der Waals surface area (Å²) >= 11 is 11.5. The summed E-state index contributed by atoms with van der Waals surface area (Å²) < 4.78 is 0. The summed E-state index contributed by atoms with van der Waals surface area (Å²) in [4.78, 5) is 0. The number of aryl methyl sites for hydroxylation is 1. The van der Waals surface area contributed by atoms with E-state index >= 15 is 0 Å². The summed E-state index contributed by atoms with van der Waals surface area (Å²) in [6.45, 7) is 9.06. The van der Waals surface area contributed by atoms with Crippen LogP contribution in [0.25, 0.3) is 0 Å². The SMILES string of the molecule is Cc1ccc(Cl)cc1NC(=S)NC1CC(C)CC(C)(C)C1. The van der Waals surface area contributed by atoms with Crippen LogP contribution in [-0.4, -0.2) is 11.2 Å². The standard InChI is InChI=1S/C17H25ClN2S/c1-11-7-14(10-17(3,4)9-11)19-16(21)20-15-8-13(18)6-5-12(15)2/h5-6,8,11,14H,7,9-10H2,1-4H3,(H2,19,20,21). The van der Waals surface area contributed by atoms with Crippen molar-refractivity contribution in [2.24, 2.45) is 11.3 Å². The van der Waals surface area contributed by atoms with Crippen LogP contribution in [-0.2, 0) is 0 Å². The molecule has 0 aliphatic heterocycles. The zero-order chi connectivity index (χ0) is 15.6. The van der Waals surface area contributed by atoms with Gasteiger partial charge in [0.15, 0.2) is 5.11 Å². The third kappa shape index (κ3) is 4.86. The number of rotatable bonds is 2. The molecular formula is C17H25ClN2S. The van der Waals surface area contributed by atoms with Crippen molar-refractivity contribution in [3.05, 3.63) is 28.8 Å². The summed E-state index contributed by atoms with van der Waals surface area (Å²) in [6, 6.07) is 6.25. The van der Waals surface area contributed by atoms with Crippen LogP contribution in [0, 0.1) is 18.3 Å². The third-order valence-electron chi connectivity index (χ3n) is 4.17. The first-order valence-electron chi connectivity index (χ1n) is 7.59. The van der Waals surface area contributed by atoms with Gasteiger partial charge in [0, 0.05) is 16.8 Å². The van der Waals surface area contributed by atoms with Crippen molar-refractivity contribution < 1.29 is 0 Å². The molecule has 1 aromatic carbocycles. The average Bonchev–Trinajstić information content (AvgIpc) is 2.31. The molecule has 0 bridgehead atoms. The van der Waals surface area contributed by atoms with Crippen molar-refractivity contribution >= 4 is 34.6 Å². The van der Waals surface area contributed by atoms with E-state index in [2.05, 4.69) is 31.4 Å². The van der Waals surface area contributed by atoms with Gasteiger partial charge in [-0.15, -0.1) is 0 Å². The summed E-state index contributed by atoms with van der Waals surface area (Å²) in [5.41, 5.74) is 2.50. The first-order chi connectivity index (χ1) is 9.75. The van der Waals surface area contributed by atoms with Gasteiger partial charge in [0.2, 0.25) is 0 Å². The van der Waals surface area contributed by atoms with Crippen molar-refractivity contribution in [3.63, 3.8) is 0 Å². The van der Waals surface area contributed by atoms with E-state index in [0.29, 0.717) is 16.6 Å². The molecule has 2 unspecified atom stereocenters. The predicted molar refractivity (Wildman–Crippen MR) is 96.1 cm³/mol. The monoisotopic (exact) mass is 324 g/mol. The van der Waals surface area contributed by atoms with E-state index < -0.39 is 0 Å². The van der Waals surface area contributed by atoms with Crippen LogP contribution in [0.4, 0.5) is 5.69 Å². The molecule has 21 heavy (non-hydrogen) atoms. The van der Waals surface area contributed by atoms with Crippen molar-refractivity contribution in [2.75, 3.05) is 5.32 Å². The van der Waals surface area contributed by atoms with Gasteiger partial charge in [-0.2, -0.15) is 0 Å². The van der Waals surface area contributed by atoms with Crippen molar-refractivity contribution in [1.29, 1.82) is 0 Å². The van der Waals surface area contributed by atoms with Crippen molar-refractivity contribution in [3.8, 4) is 0 Å². The highest BCUT2D eigenvalue weighted by Gasteiger charge is 2.32. The van der Waals surface area contributed by atoms with E-state index in [1.807, 2.05) is 25.1 Å². The summed E-state index contributed by atoms with van der Waals surface area (Å²) in [5, 5.41) is 8.16. The minimum absolute atomic E-state index is 0.386. The van der Waals surface area contributed by atoms with Gasteiger partial charge in [0.25, 0.3) is 0 Å². The minimum Gasteiger partial charge on any atom is -0.360 e. The molecular weight excluding hydrogens is 300 g/mol. The molecule has 0 aromatic heterocycles. The fourth-order valence-corrected chi connectivity index (χ4v) is 3.98. The zero-order valence-corrected chi connectivity index (χ0v) is 14.9. The van der Waals surface area contributed by atoms with Gasteiger partial charge >= 0.3 is 0 Å². The molecule has 116 valence electrons. The molecule has 2 nitrogen and oxygen atoms in total. The number of anilines is 1. The van der Waals surface area contributed by atoms with E-state index in [1.54, 1.807) is 0 Å². The molecule has 1 fully saturated rings. The molecule has 0 amide bonds. The zero-order valence-electron chi connectivity index (χ0n) is 13.3. The number of hydrogen-bond acceptors (Lipinski definition) is 1. The van der Waals surface area contributed by atoms with Gasteiger partial charge in [0.1, 0.15) is 0 Å². The lowest BCUT2D eigenvalue weighted by molar-refractivity contribution is 0.162. The van der Waals surface area contributed by atoms with E-state index in [9.17, 15) is 0 Å². The Morgan fingerprint density at radius 1 is 1.33 bits per heavy atom. The molecule has 4 heteroatoms. The molecule has 0 radical (unpaired) electrons. The van der Waals surface area contributed by atoms with Gasteiger partial charge in [0.05, 0.1) is 0 Å². The lowest BCUT2D eigenvalue weighted by Crippen LogP contribution is -2.44. The maximum absolute atomic E-state index is 6.04. The molecule has 2 N–H and O–H groups in total. The van der Waals surface area contributed by atoms with Gasteiger partial charge in [-0.25, -0.2) is 0 Å². The molecule has 0 heterocycles. The first kappa shape index (κ1) is 16.6. The van der Waals surface area contributed by atoms with E-state index in [1.165, 1.54) is 12.8 Å². The molecule has 2 atom stereocenters. The van der Waals surface area contributed by atoms with Crippen LogP contribution in [0.15, 0.2) is 18.2 Å². The van der Waals surface area contributed by atoms with Crippen molar-refractivity contribution in [2.45, 2.75) is 53.0 Å². The van der Waals surface area contributed by atoms with Gasteiger partial charge < -0.3 is 10.6 Å². The Kier molecular flexibility index (Phi) is 5.15. The van der Waals surface area contributed by atoms with Crippen LogP contribution >= 0.6 is 23.8 Å². The minimum atomic E-state index is 0.386. The second kappa shape index (κ2) is 6.53. The summed E-state index contributed by atoms with van der Waals surface area (Å²) in [6.07, 6.45) is 3.63. The Labute approximate surface area is 138 Å². The van der Waals surface area contributed by atoms with Crippen molar-refractivity contribution in [1.82, 2.24) is 5.32 Å². The van der Waals surface area contributed by atoms with Gasteiger partial charge in [-0.3, -0.25) is 0 Å². The largest absolute Gasteiger partial charge is 0.360 e. The Bertz CT molecular complexity index is 528. The maximum atomic E-state index is 6.04. The Hall–Kier alpha value is -0.800. The highest BCUT2D eigenvalue weighted by Crippen LogP contribution is 2.38. The van der Waals surface area contributed by atoms with Crippen LogP contribution in [0.1, 0.15) is 45.6 Å². The van der Waals surface area contributed by atoms with Crippen LogP contribution in [0.5, 0.6) is 0 Å². The second-order valence-corrected chi connectivity index (χ2v) is 8.01. The molecule has 2 rings (SSSR count). The molecule has 1 aliphatic rings. The average molecular weight is 325 g/mol. The molecule has 0 spiro atoms. The quantitative estimate of drug-likeness (QED) is 0.736. The summed E-state index contributed by atoms with van der Waals surface area (Å²) in [7, 11) is 0. The highest BCUT2D eigenvalue weighted by molar-refractivity contribution is 7.80. The van der Waals surface area contributed by atoms with E-state index in [4.69, 9.17) is 23.8 Å². The lowest BCUT2D eigenvalue weighted by Gasteiger charge is -2.39. The van der Waals surface area contributed by atoms with Crippen LogP contribution < -0.4 is 10.6 Å². The smallest absolute Gasteiger partial charge is 0.171 e. The number of nitrogens with one attached hydrogen (secondary N) is 2. The molecule has 0 saturated heterocycles. The number of benzene rings is 1. The molecule has 1 aliphatic carbocycles. The van der Waals surface area contributed by atoms with Crippen LogP contribution in [0.3, 0.4) is 0 Å². The number of halogens is 1. The maximum Gasteiger partial charge on any atom is 0.171 e. The topological polar surface area (TPSA) is 24.1 Å². The summed E-state index contributed by atoms with van der Waals surface area (Å²) in [5.74, 6) is 0.738. The van der Waals surface area contributed by atoms with E-state index in [0.717, 1.165) is 28.6 Å². The fraction of sp³-hybridized carbons (Fsp3) is 0.588. The fourth-order valence-electron chi connectivity index (χ4n) is 3.53. The van der Waals surface area contributed by atoms with Gasteiger partial charge in [-0.05, 0) is 67.4 Å². The number of hydrogen-bond donors (Lipinski definition) is 2. The van der Waals surface area contributed by atoms with Gasteiger partial charge in [-0.1, -0.05) is 38.4 Å². The third-order valence-corrected chi connectivity index (χ3v) is 4.62. The highest BCUT2D eigenvalue weighted by atomic mass is 35.5. The molecule has 1 saturated carbocycles. The number of thiocarbonyl (C=S) groups is 1. The molecule has 1 aromatic rings. The Morgan fingerprint density at radius 3 is 2.71 bits per heavy atom. The first-order valence-corrected chi connectivity index (χ1v) is 8.37. The predicted octanol–water partition coefficient (Wildman–Crippen LogP) is 5.15. The Morgan fingerprint density at radius 2 is 2.05 bits per heavy atom.